The Kier molecular flexibility index (Phi) is 5.66. The van der Waals surface area contributed by atoms with Crippen LogP contribution in [0.4, 0.5) is 4.79 Å². The van der Waals surface area contributed by atoms with E-state index in [4.69, 9.17) is 4.74 Å². The summed E-state index contributed by atoms with van der Waals surface area (Å²) in [5, 5.41) is 3.00. The van der Waals surface area contributed by atoms with Gasteiger partial charge in [0.25, 0.3) is 0 Å². The molecule has 0 radical (unpaired) electrons. The van der Waals surface area contributed by atoms with Crippen molar-refractivity contribution in [2.45, 2.75) is 19.9 Å². The third-order valence-corrected chi connectivity index (χ3v) is 4.08. The van der Waals surface area contributed by atoms with E-state index in [-0.39, 0.29) is 12.1 Å². The van der Waals surface area contributed by atoms with Crippen LogP contribution in [-0.4, -0.2) is 56.2 Å². The molecule has 1 N–H and O–H groups in total. The van der Waals surface area contributed by atoms with E-state index in [0.717, 1.165) is 25.4 Å². The minimum atomic E-state index is 0.0368. The van der Waals surface area contributed by atoms with Crippen LogP contribution in [0, 0.1) is 5.92 Å². The zero-order valence-corrected chi connectivity index (χ0v) is 14.0. The van der Waals surface area contributed by atoms with Crippen molar-refractivity contribution in [3.8, 4) is 5.75 Å². The second-order valence-corrected chi connectivity index (χ2v) is 6.30. The number of likely N-dealkylation sites (N-methyl/N-ethyl adjacent to an activating group) is 1. The lowest BCUT2D eigenvalue weighted by Gasteiger charge is -2.39. The van der Waals surface area contributed by atoms with Gasteiger partial charge < -0.3 is 15.0 Å². The van der Waals surface area contributed by atoms with Crippen molar-refractivity contribution in [2.24, 2.45) is 5.92 Å². The summed E-state index contributed by atoms with van der Waals surface area (Å²) in [6.07, 6.45) is 0. The Labute approximate surface area is 133 Å². The topological polar surface area (TPSA) is 44.8 Å². The second-order valence-electron chi connectivity index (χ2n) is 6.30. The van der Waals surface area contributed by atoms with Gasteiger partial charge in [-0.1, -0.05) is 26.0 Å². The summed E-state index contributed by atoms with van der Waals surface area (Å²) >= 11 is 0. The number of methoxy groups -OCH3 is 1. The standard InChI is InChI=1S/C17H27N3O2/c1-13(2)11-18-17(21)20-9-8-19(3)16(12-20)14-6-5-7-15(10-14)22-4/h5-7,10,13,16H,8-9,11-12H2,1-4H3,(H,18,21). The molecule has 0 spiro atoms. The average Bonchev–Trinajstić information content (AvgIpc) is 2.53. The maximum atomic E-state index is 12.3. The summed E-state index contributed by atoms with van der Waals surface area (Å²) in [4.78, 5) is 16.5. The smallest absolute Gasteiger partial charge is 0.317 e. The van der Waals surface area contributed by atoms with Gasteiger partial charge in [0, 0.05) is 26.2 Å². The van der Waals surface area contributed by atoms with Gasteiger partial charge in [-0.25, -0.2) is 4.79 Å². The molecule has 1 saturated heterocycles. The summed E-state index contributed by atoms with van der Waals surface area (Å²) in [6, 6.07) is 8.33. The Morgan fingerprint density at radius 2 is 2.18 bits per heavy atom. The number of nitrogens with zero attached hydrogens (tertiary/aromatic N) is 2. The van der Waals surface area contributed by atoms with Crippen LogP contribution in [0.2, 0.25) is 0 Å². The molecular formula is C17H27N3O2. The Hall–Kier alpha value is -1.75. The highest BCUT2D eigenvalue weighted by Crippen LogP contribution is 2.26. The van der Waals surface area contributed by atoms with Crippen molar-refractivity contribution in [3.63, 3.8) is 0 Å². The molecule has 2 rings (SSSR count). The van der Waals surface area contributed by atoms with Crippen LogP contribution in [0.5, 0.6) is 5.75 Å². The lowest BCUT2D eigenvalue weighted by molar-refractivity contribution is 0.109. The molecule has 5 heteroatoms. The SMILES string of the molecule is COc1cccc(C2CN(C(=O)NCC(C)C)CCN2C)c1. The minimum absolute atomic E-state index is 0.0368. The molecule has 1 unspecified atom stereocenters. The quantitative estimate of drug-likeness (QED) is 0.929. The van der Waals surface area contributed by atoms with Crippen LogP contribution >= 0.6 is 0 Å². The van der Waals surface area contributed by atoms with E-state index in [2.05, 4.69) is 43.2 Å². The average molecular weight is 305 g/mol. The fourth-order valence-corrected chi connectivity index (χ4v) is 2.67. The number of hydrogen-bond acceptors (Lipinski definition) is 3. The third-order valence-electron chi connectivity index (χ3n) is 4.08. The Bertz CT molecular complexity index is 504. The summed E-state index contributed by atoms with van der Waals surface area (Å²) in [5.41, 5.74) is 1.18. The van der Waals surface area contributed by atoms with Gasteiger partial charge in [-0.05, 0) is 30.7 Å². The predicted molar refractivity (Wildman–Crippen MR) is 88.2 cm³/mol. The Morgan fingerprint density at radius 3 is 2.86 bits per heavy atom. The fraction of sp³-hybridized carbons (Fsp3) is 0.588. The zero-order chi connectivity index (χ0) is 16.1. The molecule has 1 fully saturated rings. The van der Waals surface area contributed by atoms with E-state index in [1.807, 2.05) is 17.0 Å². The molecule has 0 aromatic heterocycles. The van der Waals surface area contributed by atoms with E-state index < -0.39 is 0 Å². The van der Waals surface area contributed by atoms with Gasteiger partial charge in [0.05, 0.1) is 13.2 Å². The summed E-state index contributed by atoms with van der Waals surface area (Å²) in [7, 11) is 3.78. The monoisotopic (exact) mass is 305 g/mol. The van der Waals surface area contributed by atoms with Crippen LogP contribution < -0.4 is 10.1 Å². The number of urea groups is 1. The zero-order valence-electron chi connectivity index (χ0n) is 14.0. The molecule has 0 bridgehead atoms. The van der Waals surface area contributed by atoms with Crippen molar-refractivity contribution >= 4 is 6.03 Å². The van der Waals surface area contributed by atoms with Gasteiger partial charge in [-0.15, -0.1) is 0 Å². The van der Waals surface area contributed by atoms with Gasteiger partial charge in [0.2, 0.25) is 0 Å². The van der Waals surface area contributed by atoms with E-state index in [0.29, 0.717) is 12.5 Å². The molecule has 1 heterocycles. The summed E-state index contributed by atoms with van der Waals surface area (Å²) < 4.78 is 5.31. The molecule has 5 nitrogen and oxygen atoms in total. The van der Waals surface area contributed by atoms with E-state index in [9.17, 15) is 4.79 Å². The van der Waals surface area contributed by atoms with Gasteiger partial charge in [-0.2, -0.15) is 0 Å². The molecule has 1 aliphatic heterocycles. The molecule has 2 amide bonds. The number of ether oxygens (including phenoxy) is 1. The van der Waals surface area contributed by atoms with E-state index in [1.54, 1.807) is 7.11 Å². The molecule has 1 aromatic carbocycles. The van der Waals surface area contributed by atoms with Gasteiger partial charge in [0.1, 0.15) is 5.75 Å². The maximum absolute atomic E-state index is 12.3. The van der Waals surface area contributed by atoms with Crippen molar-refractivity contribution in [3.05, 3.63) is 29.8 Å². The lowest BCUT2D eigenvalue weighted by Crippen LogP contribution is -2.52. The largest absolute Gasteiger partial charge is 0.497 e. The number of rotatable bonds is 4. The second kappa shape index (κ2) is 7.49. The summed E-state index contributed by atoms with van der Waals surface area (Å²) in [6.45, 7) is 7.26. The van der Waals surface area contributed by atoms with E-state index in [1.165, 1.54) is 5.56 Å². The highest BCUT2D eigenvalue weighted by molar-refractivity contribution is 5.74. The van der Waals surface area contributed by atoms with Crippen LogP contribution in [-0.2, 0) is 0 Å². The van der Waals surface area contributed by atoms with E-state index >= 15 is 0 Å². The first-order valence-electron chi connectivity index (χ1n) is 7.88. The molecular weight excluding hydrogens is 278 g/mol. The molecule has 0 aliphatic carbocycles. The molecule has 22 heavy (non-hydrogen) atoms. The van der Waals surface area contributed by atoms with Crippen LogP contribution in [0.25, 0.3) is 0 Å². The van der Waals surface area contributed by atoms with Crippen molar-refractivity contribution in [2.75, 3.05) is 40.3 Å². The first-order chi connectivity index (χ1) is 10.5. The Morgan fingerprint density at radius 1 is 1.41 bits per heavy atom. The first-order valence-corrected chi connectivity index (χ1v) is 7.88. The highest BCUT2D eigenvalue weighted by Gasteiger charge is 2.28. The van der Waals surface area contributed by atoms with Crippen LogP contribution in [0.1, 0.15) is 25.5 Å². The number of nitrogens with one attached hydrogen (secondary N) is 1. The maximum Gasteiger partial charge on any atom is 0.317 e. The molecule has 122 valence electrons. The number of carbonyl (C=O) groups is 1. The third kappa shape index (κ3) is 4.13. The summed E-state index contributed by atoms with van der Waals surface area (Å²) in [5.74, 6) is 1.32. The number of hydrogen-bond donors (Lipinski definition) is 1. The highest BCUT2D eigenvalue weighted by atomic mass is 16.5. The fourth-order valence-electron chi connectivity index (χ4n) is 2.67. The van der Waals surface area contributed by atoms with Crippen LogP contribution in [0.3, 0.4) is 0 Å². The predicted octanol–water partition coefficient (Wildman–Crippen LogP) is 2.35. The molecule has 1 aromatic rings. The van der Waals surface area contributed by atoms with Gasteiger partial charge in [0.15, 0.2) is 0 Å². The minimum Gasteiger partial charge on any atom is -0.497 e. The number of amides is 2. The molecule has 1 atom stereocenters. The lowest BCUT2D eigenvalue weighted by atomic mass is 10.0. The van der Waals surface area contributed by atoms with Gasteiger partial charge >= 0.3 is 6.03 Å². The number of benzene rings is 1. The molecule has 1 aliphatic rings. The van der Waals surface area contributed by atoms with Crippen molar-refractivity contribution in [1.29, 1.82) is 0 Å². The van der Waals surface area contributed by atoms with Gasteiger partial charge in [-0.3, -0.25) is 4.90 Å². The number of carbonyl (C=O) groups excluding carboxylic acids is 1. The normalized spacial score (nSPS) is 19.3. The van der Waals surface area contributed by atoms with Crippen molar-refractivity contribution in [1.82, 2.24) is 15.1 Å². The molecule has 0 saturated carbocycles. The number of piperazine rings is 1. The van der Waals surface area contributed by atoms with Crippen molar-refractivity contribution < 1.29 is 9.53 Å². The first kappa shape index (κ1) is 16.6. The van der Waals surface area contributed by atoms with Crippen LogP contribution in [0.15, 0.2) is 24.3 Å². The Balaban J connectivity index is 2.05.